The molecule has 0 heterocycles. The van der Waals surface area contributed by atoms with E-state index in [0.29, 0.717) is 0 Å². The molecule has 0 aliphatic heterocycles. The Kier molecular flexibility index (Phi) is 8.67. The van der Waals surface area contributed by atoms with Crippen LogP contribution in [0.3, 0.4) is 0 Å². The van der Waals surface area contributed by atoms with Crippen molar-refractivity contribution in [3.05, 3.63) is 12.3 Å². The number of hydrogen-bond acceptors (Lipinski definition) is 3. The van der Waals surface area contributed by atoms with Gasteiger partial charge in [0.2, 0.25) is 0 Å². The summed E-state index contributed by atoms with van der Waals surface area (Å²) < 4.78 is 4.53. The van der Waals surface area contributed by atoms with Crippen molar-refractivity contribution in [3.8, 4) is 0 Å². The Morgan fingerprint density at radius 2 is 2.15 bits per heavy atom. The number of allylic oxidation sites excluding steroid dienone is 1. The second-order valence-electron chi connectivity index (χ2n) is 2.87. The molecule has 3 nitrogen and oxygen atoms in total. The van der Waals surface area contributed by atoms with Gasteiger partial charge < -0.3 is 9.84 Å². The summed E-state index contributed by atoms with van der Waals surface area (Å²) in [6.45, 7) is 1.61. The summed E-state index contributed by atoms with van der Waals surface area (Å²) in [4.78, 5) is 10.4. The molecule has 0 saturated carbocycles. The fraction of sp³-hybridized carbons (Fsp3) is 0.700. The second-order valence-corrected chi connectivity index (χ2v) is 2.87. The van der Waals surface area contributed by atoms with Gasteiger partial charge in [-0.05, 0) is 18.9 Å². The van der Waals surface area contributed by atoms with Crippen LogP contribution in [0.15, 0.2) is 12.3 Å². The Morgan fingerprint density at radius 3 is 2.77 bits per heavy atom. The second kappa shape index (κ2) is 9.26. The molecule has 0 aromatic heterocycles. The molecule has 13 heavy (non-hydrogen) atoms. The molecular weight excluding hydrogens is 168 g/mol. The third-order valence-electron chi connectivity index (χ3n) is 1.65. The van der Waals surface area contributed by atoms with Crippen LogP contribution in [0.5, 0.6) is 0 Å². The number of hydrogen-bond donors (Lipinski definition) is 1. The van der Waals surface area contributed by atoms with Crippen molar-refractivity contribution in [2.45, 2.75) is 39.0 Å². The highest BCUT2D eigenvalue weighted by Crippen LogP contribution is 2.02. The number of aliphatic hydroxyl groups is 1. The summed E-state index contributed by atoms with van der Waals surface area (Å²) >= 11 is 0. The maximum absolute atomic E-state index is 10.4. The number of rotatable bonds is 7. The predicted molar refractivity (Wildman–Crippen MR) is 51.1 cm³/mol. The molecule has 0 radical (unpaired) electrons. The first-order chi connectivity index (χ1) is 6.31. The largest absolute Gasteiger partial charge is 0.433 e. The highest BCUT2D eigenvalue weighted by molar-refractivity contribution is 5.70. The number of carbonyl (C=O) groups is 1. The van der Waals surface area contributed by atoms with Gasteiger partial charge in [0, 0.05) is 0 Å². The Morgan fingerprint density at radius 1 is 1.38 bits per heavy atom. The Hall–Kier alpha value is -0.830. The van der Waals surface area contributed by atoms with Crippen molar-refractivity contribution in [2.75, 3.05) is 6.61 Å². The van der Waals surface area contributed by atoms with E-state index in [4.69, 9.17) is 5.11 Å². The van der Waals surface area contributed by atoms with Crippen LogP contribution in [0, 0.1) is 0 Å². The fourth-order valence-corrected chi connectivity index (χ4v) is 0.918. The number of aliphatic hydroxyl groups excluding tert-OH is 1. The van der Waals surface area contributed by atoms with Gasteiger partial charge in [0.05, 0.1) is 6.26 Å². The lowest BCUT2D eigenvalue weighted by Gasteiger charge is -1.95. The van der Waals surface area contributed by atoms with Gasteiger partial charge in [-0.25, -0.2) is 4.79 Å². The van der Waals surface area contributed by atoms with Crippen molar-refractivity contribution in [1.82, 2.24) is 0 Å². The van der Waals surface area contributed by atoms with Crippen molar-refractivity contribution in [2.24, 2.45) is 0 Å². The van der Waals surface area contributed by atoms with Crippen LogP contribution in [0.4, 0.5) is 0 Å². The minimum absolute atomic E-state index is 0.555. The van der Waals surface area contributed by atoms with E-state index in [0.717, 1.165) is 12.8 Å². The molecule has 1 N–H and O–H groups in total. The van der Waals surface area contributed by atoms with Gasteiger partial charge in [-0.1, -0.05) is 26.2 Å². The van der Waals surface area contributed by atoms with Crippen molar-refractivity contribution >= 4 is 5.97 Å². The summed E-state index contributed by atoms with van der Waals surface area (Å²) in [6.07, 6.45) is 8.91. The SMILES string of the molecule is CCCCCCC=COC(=O)CO. The molecule has 0 saturated heterocycles. The van der Waals surface area contributed by atoms with Gasteiger partial charge in [0.25, 0.3) is 0 Å². The van der Waals surface area contributed by atoms with E-state index >= 15 is 0 Å². The van der Waals surface area contributed by atoms with Crippen LogP contribution < -0.4 is 0 Å². The van der Waals surface area contributed by atoms with Crippen molar-refractivity contribution in [1.29, 1.82) is 0 Å². The van der Waals surface area contributed by atoms with Gasteiger partial charge in [-0.15, -0.1) is 0 Å². The fourth-order valence-electron chi connectivity index (χ4n) is 0.918. The molecule has 0 spiro atoms. The van der Waals surface area contributed by atoms with Crippen LogP contribution in [-0.4, -0.2) is 17.7 Å². The standard InChI is InChI=1S/C10H18O3/c1-2-3-4-5-6-7-8-13-10(12)9-11/h7-8,11H,2-6,9H2,1H3. The van der Waals surface area contributed by atoms with Gasteiger partial charge in [-0.2, -0.15) is 0 Å². The molecule has 3 heteroatoms. The first-order valence-electron chi connectivity index (χ1n) is 4.76. The molecular formula is C10H18O3. The third kappa shape index (κ3) is 9.08. The Balaban J connectivity index is 3.17. The maximum atomic E-state index is 10.4. The minimum Gasteiger partial charge on any atom is -0.433 e. The highest BCUT2D eigenvalue weighted by atomic mass is 16.5. The summed E-state index contributed by atoms with van der Waals surface area (Å²) in [5.41, 5.74) is 0. The average Bonchev–Trinajstić information content (AvgIpc) is 2.16. The quantitative estimate of drug-likeness (QED) is 0.376. The monoisotopic (exact) mass is 186 g/mol. The summed E-state index contributed by atoms with van der Waals surface area (Å²) in [6, 6.07) is 0. The molecule has 0 aromatic rings. The van der Waals surface area contributed by atoms with Gasteiger partial charge in [0.1, 0.15) is 6.61 Å². The first kappa shape index (κ1) is 12.2. The average molecular weight is 186 g/mol. The molecule has 0 aliphatic carbocycles. The lowest BCUT2D eigenvalue weighted by Crippen LogP contribution is -2.04. The van der Waals surface area contributed by atoms with Crippen molar-refractivity contribution in [3.63, 3.8) is 0 Å². The van der Waals surface area contributed by atoms with E-state index in [1.807, 2.05) is 6.08 Å². The smallest absolute Gasteiger partial charge is 0.336 e. The lowest BCUT2D eigenvalue weighted by molar-refractivity contribution is -0.141. The first-order valence-corrected chi connectivity index (χ1v) is 4.76. The minimum atomic E-state index is -0.607. The van der Waals surface area contributed by atoms with Gasteiger partial charge in [0.15, 0.2) is 0 Å². The number of carbonyl (C=O) groups excluding carboxylic acids is 1. The highest BCUT2D eigenvalue weighted by Gasteiger charge is 1.93. The summed E-state index contributed by atoms with van der Waals surface area (Å²) in [7, 11) is 0. The Labute approximate surface area is 79.4 Å². The topological polar surface area (TPSA) is 46.5 Å². The number of unbranched alkanes of at least 4 members (excludes halogenated alkanes) is 4. The van der Waals surface area contributed by atoms with Crippen LogP contribution in [0.25, 0.3) is 0 Å². The number of ether oxygens (including phenoxy) is 1. The van der Waals surface area contributed by atoms with Crippen LogP contribution in [-0.2, 0) is 9.53 Å². The molecule has 0 rings (SSSR count). The van der Waals surface area contributed by atoms with Gasteiger partial charge >= 0.3 is 5.97 Å². The Bertz CT molecular complexity index is 152. The zero-order valence-corrected chi connectivity index (χ0v) is 8.16. The third-order valence-corrected chi connectivity index (χ3v) is 1.65. The molecule has 0 aromatic carbocycles. The molecule has 0 aliphatic rings. The van der Waals surface area contributed by atoms with Crippen LogP contribution >= 0.6 is 0 Å². The summed E-state index contributed by atoms with van der Waals surface area (Å²) in [5, 5.41) is 8.30. The molecule has 0 unspecified atom stereocenters. The molecule has 0 amide bonds. The molecule has 0 fully saturated rings. The van der Waals surface area contributed by atoms with E-state index in [2.05, 4.69) is 11.7 Å². The normalized spacial score (nSPS) is 10.6. The van der Waals surface area contributed by atoms with E-state index in [1.165, 1.54) is 25.5 Å². The number of esters is 1. The zero-order valence-electron chi connectivity index (χ0n) is 8.16. The molecule has 0 atom stereocenters. The van der Waals surface area contributed by atoms with E-state index in [1.54, 1.807) is 0 Å². The van der Waals surface area contributed by atoms with E-state index in [9.17, 15) is 4.79 Å². The van der Waals surface area contributed by atoms with Crippen LogP contribution in [0.1, 0.15) is 39.0 Å². The van der Waals surface area contributed by atoms with E-state index < -0.39 is 12.6 Å². The van der Waals surface area contributed by atoms with E-state index in [-0.39, 0.29) is 0 Å². The van der Waals surface area contributed by atoms with Crippen LogP contribution in [0.2, 0.25) is 0 Å². The maximum Gasteiger partial charge on any atom is 0.336 e. The van der Waals surface area contributed by atoms with Crippen molar-refractivity contribution < 1.29 is 14.6 Å². The summed E-state index contributed by atoms with van der Waals surface area (Å²) in [5.74, 6) is -0.607. The lowest BCUT2D eigenvalue weighted by atomic mass is 10.1. The molecule has 0 bridgehead atoms. The zero-order chi connectivity index (χ0) is 9.94. The van der Waals surface area contributed by atoms with Gasteiger partial charge in [-0.3, -0.25) is 0 Å². The molecule has 76 valence electrons. The predicted octanol–water partition coefficient (Wildman–Crippen LogP) is 2.01.